The summed E-state index contributed by atoms with van der Waals surface area (Å²) in [6.07, 6.45) is -8.19. The van der Waals surface area contributed by atoms with Crippen LogP contribution in [0.2, 0.25) is 0 Å². The van der Waals surface area contributed by atoms with Gasteiger partial charge in [-0.3, -0.25) is 9.69 Å². The number of hydrogen-bond donors (Lipinski definition) is 7. The van der Waals surface area contributed by atoms with Crippen LogP contribution in [0.25, 0.3) is 0 Å². The largest absolute Gasteiger partial charge is 0.388 e. The summed E-state index contributed by atoms with van der Waals surface area (Å²) in [5.74, 6) is -0.226. The minimum Gasteiger partial charge on any atom is -0.388 e. The van der Waals surface area contributed by atoms with Gasteiger partial charge in [0.25, 0.3) is 0 Å². The zero-order valence-electron chi connectivity index (χ0n) is 15.9. The first-order valence-electron chi connectivity index (χ1n) is 9.33. The second kappa shape index (κ2) is 8.66. The number of rotatable bonds is 6. The molecule has 27 heavy (non-hydrogen) atoms. The van der Waals surface area contributed by atoms with Crippen molar-refractivity contribution in [3.05, 3.63) is 0 Å². The molecule has 2 rings (SSSR count). The molecule has 2 saturated heterocycles. The first-order valence-corrected chi connectivity index (χ1v) is 9.33. The van der Waals surface area contributed by atoms with Crippen molar-refractivity contribution in [1.82, 2.24) is 10.2 Å². The molecule has 0 aromatic rings. The van der Waals surface area contributed by atoms with Crippen molar-refractivity contribution in [2.75, 3.05) is 13.6 Å². The van der Waals surface area contributed by atoms with Gasteiger partial charge >= 0.3 is 0 Å². The van der Waals surface area contributed by atoms with Crippen molar-refractivity contribution < 1.29 is 40.2 Å². The lowest BCUT2D eigenvalue weighted by Gasteiger charge is -2.47. The number of carbonyl (C=O) groups excluding carboxylic acids is 1. The molecule has 0 saturated carbocycles. The molecule has 2 aliphatic rings. The fraction of sp³-hybridized carbons (Fsp3) is 0.941. The van der Waals surface area contributed by atoms with Crippen LogP contribution in [-0.2, 0) is 9.53 Å². The molecule has 10 heteroatoms. The van der Waals surface area contributed by atoms with E-state index in [0.717, 1.165) is 19.4 Å². The Bertz CT molecular complexity index is 521. The van der Waals surface area contributed by atoms with Gasteiger partial charge in [0.1, 0.15) is 30.5 Å². The zero-order chi connectivity index (χ0) is 20.5. The molecule has 0 bridgehead atoms. The van der Waals surface area contributed by atoms with Crippen molar-refractivity contribution in [3.63, 3.8) is 0 Å². The van der Waals surface area contributed by atoms with Gasteiger partial charge in [0.05, 0.1) is 6.04 Å². The fourth-order valence-corrected chi connectivity index (χ4v) is 3.95. The topological polar surface area (TPSA) is 163 Å². The van der Waals surface area contributed by atoms with E-state index in [0.29, 0.717) is 12.3 Å². The average Bonchev–Trinajstić information content (AvgIpc) is 2.96. The quantitative estimate of drug-likeness (QED) is 0.235. The maximum atomic E-state index is 12.8. The number of likely N-dealkylation sites (tertiary alicyclic amines) is 1. The number of carbonyl (C=O) groups is 1. The SMILES string of the molecule is CCC[C@@H]1C[C@@H](C(=O)N[C@](O)([C@@H](C)O)[C@H]2OC(O)[C@H](O)[C@@H](O)[C@H]2O)N(C)C1. The van der Waals surface area contributed by atoms with E-state index in [1.54, 1.807) is 7.05 Å². The maximum absolute atomic E-state index is 12.8. The van der Waals surface area contributed by atoms with Crippen LogP contribution in [0.15, 0.2) is 0 Å². The molecule has 0 aromatic carbocycles. The van der Waals surface area contributed by atoms with E-state index < -0.39 is 54.5 Å². The monoisotopic (exact) mass is 392 g/mol. The Hall–Kier alpha value is -0.850. The highest BCUT2D eigenvalue weighted by molar-refractivity contribution is 5.82. The maximum Gasteiger partial charge on any atom is 0.239 e. The van der Waals surface area contributed by atoms with Gasteiger partial charge < -0.3 is 40.7 Å². The van der Waals surface area contributed by atoms with Crippen LogP contribution in [0.3, 0.4) is 0 Å². The van der Waals surface area contributed by atoms with Gasteiger partial charge in [0, 0.05) is 6.54 Å². The number of hydrogen-bond acceptors (Lipinski definition) is 9. The van der Waals surface area contributed by atoms with E-state index in [1.165, 1.54) is 6.92 Å². The first kappa shape index (κ1) is 22.4. The van der Waals surface area contributed by atoms with Crippen molar-refractivity contribution in [1.29, 1.82) is 0 Å². The molecule has 9 atom stereocenters. The van der Waals surface area contributed by atoms with E-state index in [1.807, 2.05) is 4.90 Å². The third kappa shape index (κ3) is 4.43. The summed E-state index contributed by atoms with van der Waals surface area (Å²) in [7, 11) is 1.79. The standard InChI is InChI=1S/C17H32N2O8/c1-4-5-9-6-10(19(3)7-9)15(24)18-17(26,8(2)20)14-12(22)11(21)13(23)16(25)27-14/h8-14,16,20-23,25-26H,4-7H2,1-3H3,(H,18,24)/t8-,9-,10+,11+,12-,13-,14+,16?,17+/m1/s1. The first-order chi connectivity index (χ1) is 12.5. The molecule has 7 N–H and O–H groups in total. The van der Waals surface area contributed by atoms with E-state index >= 15 is 0 Å². The molecule has 10 nitrogen and oxygen atoms in total. The van der Waals surface area contributed by atoms with E-state index in [9.17, 15) is 35.4 Å². The summed E-state index contributed by atoms with van der Waals surface area (Å²) in [5, 5.41) is 62.6. The molecule has 0 aromatic heterocycles. The van der Waals surface area contributed by atoms with Gasteiger partial charge in [0.2, 0.25) is 5.91 Å². The van der Waals surface area contributed by atoms with Crippen LogP contribution in [0, 0.1) is 5.92 Å². The van der Waals surface area contributed by atoms with Crippen LogP contribution in [0.5, 0.6) is 0 Å². The molecule has 1 amide bonds. The Labute approximate surface area is 158 Å². The van der Waals surface area contributed by atoms with Crippen LogP contribution >= 0.6 is 0 Å². The lowest BCUT2D eigenvalue weighted by Crippen LogP contribution is -2.73. The Kier molecular flexibility index (Phi) is 7.20. The number of aliphatic hydroxyl groups is 6. The van der Waals surface area contributed by atoms with E-state index in [4.69, 9.17) is 4.74 Å². The van der Waals surface area contributed by atoms with Crippen LogP contribution in [-0.4, -0.2) is 104 Å². The Morgan fingerprint density at radius 2 is 1.89 bits per heavy atom. The molecule has 0 radical (unpaired) electrons. The summed E-state index contributed by atoms with van der Waals surface area (Å²) >= 11 is 0. The Balaban J connectivity index is 2.17. The fourth-order valence-electron chi connectivity index (χ4n) is 3.95. The smallest absolute Gasteiger partial charge is 0.239 e. The number of aliphatic hydroxyl groups excluding tert-OH is 5. The summed E-state index contributed by atoms with van der Waals surface area (Å²) in [6, 6.07) is -0.534. The van der Waals surface area contributed by atoms with Crippen LogP contribution < -0.4 is 5.32 Å². The van der Waals surface area contributed by atoms with Crippen molar-refractivity contribution in [2.24, 2.45) is 5.92 Å². The second-order valence-corrected chi connectivity index (χ2v) is 7.76. The summed E-state index contributed by atoms with van der Waals surface area (Å²) < 4.78 is 5.01. The molecule has 2 heterocycles. The highest BCUT2D eigenvalue weighted by Crippen LogP contribution is 2.30. The van der Waals surface area contributed by atoms with Gasteiger partial charge in [-0.15, -0.1) is 0 Å². The second-order valence-electron chi connectivity index (χ2n) is 7.76. The Morgan fingerprint density at radius 3 is 2.44 bits per heavy atom. The van der Waals surface area contributed by atoms with E-state index in [-0.39, 0.29) is 0 Å². The predicted octanol–water partition coefficient (Wildman–Crippen LogP) is -2.91. The molecule has 158 valence electrons. The third-order valence-electron chi connectivity index (χ3n) is 5.62. The third-order valence-corrected chi connectivity index (χ3v) is 5.62. The number of amides is 1. The average molecular weight is 392 g/mol. The van der Waals surface area contributed by atoms with Gasteiger partial charge in [-0.25, -0.2) is 0 Å². The highest BCUT2D eigenvalue weighted by atomic mass is 16.6. The number of nitrogens with zero attached hydrogens (tertiary/aromatic N) is 1. The number of nitrogens with one attached hydrogen (secondary N) is 1. The van der Waals surface area contributed by atoms with Crippen molar-refractivity contribution in [3.8, 4) is 0 Å². The number of ether oxygens (including phenoxy) is 1. The van der Waals surface area contributed by atoms with Crippen LogP contribution in [0.1, 0.15) is 33.1 Å². The minimum atomic E-state index is -2.48. The molecule has 2 fully saturated rings. The lowest BCUT2D eigenvalue weighted by molar-refractivity contribution is -0.325. The normalized spacial score (nSPS) is 41.1. The zero-order valence-corrected chi connectivity index (χ0v) is 15.9. The molecule has 0 aliphatic carbocycles. The molecular formula is C17H32N2O8. The molecule has 0 spiro atoms. The predicted molar refractivity (Wildman–Crippen MR) is 93.1 cm³/mol. The molecular weight excluding hydrogens is 360 g/mol. The van der Waals surface area contributed by atoms with Crippen LogP contribution in [0.4, 0.5) is 0 Å². The minimum absolute atomic E-state index is 0.339. The summed E-state index contributed by atoms with van der Waals surface area (Å²) in [6.45, 7) is 3.97. The highest BCUT2D eigenvalue weighted by Gasteiger charge is 2.55. The summed E-state index contributed by atoms with van der Waals surface area (Å²) in [5.41, 5.74) is -2.48. The van der Waals surface area contributed by atoms with Gasteiger partial charge in [-0.2, -0.15) is 0 Å². The summed E-state index contributed by atoms with van der Waals surface area (Å²) in [4.78, 5) is 14.6. The Morgan fingerprint density at radius 1 is 1.26 bits per heavy atom. The lowest BCUT2D eigenvalue weighted by atomic mass is 9.88. The van der Waals surface area contributed by atoms with Gasteiger partial charge in [-0.05, 0) is 32.7 Å². The van der Waals surface area contributed by atoms with Gasteiger partial charge in [-0.1, -0.05) is 13.3 Å². The molecule has 2 aliphatic heterocycles. The van der Waals surface area contributed by atoms with E-state index in [2.05, 4.69) is 12.2 Å². The number of likely N-dealkylation sites (N-methyl/N-ethyl adjacent to an activating group) is 1. The van der Waals surface area contributed by atoms with Crippen molar-refractivity contribution >= 4 is 5.91 Å². The molecule has 1 unspecified atom stereocenters. The van der Waals surface area contributed by atoms with Gasteiger partial charge in [0.15, 0.2) is 12.0 Å². The van der Waals surface area contributed by atoms with Crippen molar-refractivity contribution in [2.45, 2.75) is 81.7 Å².